The molecule has 3 aromatic rings. The second kappa shape index (κ2) is 16.1. The predicted octanol–water partition coefficient (Wildman–Crippen LogP) is 5.81. The van der Waals surface area contributed by atoms with Crippen LogP contribution >= 0.6 is 23.2 Å². The number of nitrogens with zero attached hydrogens (tertiary/aromatic N) is 2. The Morgan fingerprint density at radius 1 is 0.941 bits per heavy atom. The lowest BCUT2D eigenvalue weighted by Crippen LogP contribution is -2.62. The molecule has 6 rings (SSSR count). The summed E-state index contributed by atoms with van der Waals surface area (Å²) in [5.74, 6) is -0.336. The normalized spacial score (nSPS) is 19.0. The Morgan fingerprint density at radius 3 is 2.35 bits per heavy atom. The van der Waals surface area contributed by atoms with Crippen LogP contribution in [0.2, 0.25) is 10.0 Å². The van der Waals surface area contributed by atoms with Gasteiger partial charge >= 0.3 is 5.97 Å². The van der Waals surface area contributed by atoms with Gasteiger partial charge in [-0.3, -0.25) is 14.4 Å². The number of rotatable bonds is 14. The molecule has 3 aliphatic rings. The number of aliphatic hydroxyl groups excluding tert-OH is 1. The number of aliphatic hydroxyl groups is 1. The number of aryl methyl sites for hydroxylation is 2. The van der Waals surface area contributed by atoms with Crippen molar-refractivity contribution in [1.82, 2.24) is 15.1 Å². The third kappa shape index (κ3) is 9.05. The summed E-state index contributed by atoms with van der Waals surface area (Å²) in [6, 6.07) is 18.5. The Morgan fingerprint density at radius 2 is 1.65 bits per heavy atom. The van der Waals surface area contributed by atoms with E-state index in [4.69, 9.17) is 37.8 Å². The van der Waals surface area contributed by atoms with Gasteiger partial charge < -0.3 is 34.8 Å². The lowest BCUT2D eigenvalue weighted by Gasteiger charge is -2.45. The van der Waals surface area contributed by atoms with Crippen molar-refractivity contribution in [1.29, 1.82) is 0 Å². The molecule has 2 heterocycles. The molecule has 0 unspecified atom stereocenters. The van der Waals surface area contributed by atoms with E-state index < -0.39 is 24.5 Å². The molecule has 0 radical (unpaired) electrons. The van der Waals surface area contributed by atoms with Crippen LogP contribution < -0.4 is 14.8 Å². The van der Waals surface area contributed by atoms with Gasteiger partial charge in [0.25, 0.3) is 5.91 Å². The van der Waals surface area contributed by atoms with E-state index in [0.717, 1.165) is 40.7 Å². The molecule has 2 aliphatic heterocycles. The molecule has 1 aliphatic carbocycles. The molecule has 1 saturated carbocycles. The van der Waals surface area contributed by atoms with Crippen molar-refractivity contribution in [3.8, 4) is 11.5 Å². The second-order valence-electron chi connectivity index (χ2n) is 13.6. The minimum atomic E-state index is -1.28. The van der Waals surface area contributed by atoms with Crippen molar-refractivity contribution in [3.63, 3.8) is 0 Å². The van der Waals surface area contributed by atoms with Gasteiger partial charge in [0.1, 0.15) is 24.7 Å². The Balaban J connectivity index is 1.23. The first-order chi connectivity index (χ1) is 24.5. The van der Waals surface area contributed by atoms with Crippen molar-refractivity contribution in [2.75, 3.05) is 26.3 Å². The molecule has 3 aromatic carbocycles. The number of aliphatic carboxylic acids is 1. The summed E-state index contributed by atoms with van der Waals surface area (Å²) in [4.78, 5) is 42.6. The summed E-state index contributed by atoms with van der Waals surface area (Å²) in [6.45, 7) is 5.59. The topological polar surface area (TPSA) is 129 Å². The fraction of sp³-hybridized carbons (Fsp3) is 0.410. The quantitative estimate of drug-likeness (QED) is 0.177. The van der Waals surface area contributed by atoms with E-state index in [1.165, 1.54) is 0 Å². The number of hydrogen-bond acceptors (Lipinski definition) is 7. The highest BCUT2D eigenvalue weighted by atomic mass is 35.5. The minimum Gasteiger partial charge on any atom is -0.490 e. The molecule has 12 heteroatoms. The van der Waals surface area contributed by atoms with Gasteiger partial charge in [0.05, 0.1) is 30.0 Å². The van der Waals surface area contributed by atoms with Gasteiger partial charge in [-0.15, -0.1) is 0 Å². The maximum absolute atomic E-state index is 14.7. The van der Waals surface area contributed by atoms with Crippen molar-refractivity contribution in [2.24, 2.45) is 0 Å². The van der Waals surface area contributed by atoms with E-state index >= 15 is 0 Å². The highest BCUT2D eigenvalue weighted by Gasteiger charge is 2.43. The third-order valence-corrected chi connectivity index (χ3v) is 10.4. The summed E-state index contributed by atoms with van der Waals surface area (Å²) < 4.78 is 11.8. The highest BCUT2D eigenvalue weighted by Crippen LogP contribution is 2.38. The van der Waals surface area contributed by atoms with Crippen molar-refractivity contribution in [2.45, 2.75) is 76.7 Å². The molecule has 3 N–H and O–H groups in total. The lowest BCUT2D eigenvalue weighted by atomic mass is 9.82. The van der Waals surface area contributed by atoms with E-state index in [9.17, 15) is 19.5 Å². The SMILES string of the molecule is Cc1cc(Cl)c(OCCOc2ccc(C3=C(C(=O)N(Cc4ccccc4Cl)C4CC4)[C@H]4CN(C(=O)C[C@H](O)CC(=O)O)C[C@@H](C3)N4)cc2)cc1C. The minimum absolute atomic E-state index is 0.0874. The first kappa shape index (κ1) is 36.7. The van der Waals surface area contributed by atoms with E-state index in [0.29, 0.717) is 59.8 Å². The number of carboxylic acids is 1. The number of halogens is 2. The molecule has 10 nitrogen and oxygen atoms in total. The largest absolute Gasteiger partial charge is 0.490 e. The van der Waals surface area contributed by atoms with E-state index in [-0.39, 0.29) is 36.9 Å². The summed E-state index contributed by atoms with van der Waals surface area (Å²) in [6.07, 6.45) is 0.207. The zero-order chi connectivity index (χ0) is 36.2. The standard InChI is InChI=1S/C39H43Cl2N3O7/c1-23-15-33(41)35(16-24(23)2)51-14-13-50-30-11-7-25(8-12-30)31-17-27-21-43(36(46)18-29(45)19-37(47)48)22-34(42-27)38(31)39(49)44(28-9-10-28)20-26-5-3-4-6-32(26)40/h3-8,11-12,15-16,27-29,34,42,45H,9-10,13-14,17-22H2,1-2H3,(H,47,48)/t27-,29+,34-/m1/s1. The van der Waals surface area contributed by atoms with E-state index in [1.807, 2.05) is 79.4 Å². The van der Waals surface area contributed by atoms with Crippen LogP contribution in [-0.2, 0) is 20.9 Å². The van der Waals surface area contributed by atoms with Crippen molar-refractivity contribution >= 4 is 46.6 Å². The number of amides is 2. The van der Waals surface area contributed by atoms with Crippen LogP contribution in [0.5, 0.6) is 11.5 Å². The fourth-order valence-electron chi connectivity index (χ4n) is 6.82. The van der Waals surface area contributed by atoms with Gasteiger partial charge in [-0.1, -0.05) is 53.5 Å². The first-order valence-electron chi connectivity index (χ1n) is 17.3. The van der Waals surface area contributed by atoms with E-state index in [2.05, 4.69) is 5.32 Å². The molecular formula is C39H43Cl2N3O7. The molecular weight excluding hydrogens is 693 g/mol. The Bertz CT molecular complexity index is 1810. The molecule has 3 atom stereocenters. The third-order valence-electron chi connectivity index (χ3n) is 9.72. The Hall–Kier alpha value is -4.09. The zero-order valence-corrected chi connectivity index (χ0v) is 30.3. The summed E-state index contributed by atoms with van der Waals surface area (Å²) >= 11 is 12.9. The van der Waals surface area contributed by atoms with Gasteiger partial charge in [-0.05, 0) is 91.3 Å². The van der Waals surface area contributed by atoms with Gasteiger partial charge in [0, 0.05) is 42.3 Å². The number of carbonyl (C=O) groups is 3. The summed E-state index contributed by atoms with van der Waals surface area (Å²) in [5.41, 5.74) is 5.46. The fourth-order valence-corrected chi connectivity index (χ4v) is 7.29. The molecule has 0 spiro atoms. The predicted molar refractivity (Wildman–Crippen MR) is 195 cm³/mol. The number of hydrogen-bond donors (Lipinski definition) is 3. The number of ether oxygens (including phenoxy) is 2. The van der Waals surface area contributed by atoms with Crippen LogP contribution in [0, 0.1) is 13.8 Å². The molecule has 270 valence electrons. The van der Waals surface area contributed by atoms with Crippen LogP contribution in [0.1, 0.15) is 54.4 Å². The zero-order valence-electron chi connectivity index (χ0n) is 28.7. The molecule has 0 aromatic heterocycles. The monoisotopic (exact) mass is 735 g/mol. The number of carbonyl (C=O) groups excluding carboxylic acids is 2. The Labute approximate surface area is 307 Å². The number of fused-ring (bicyclic) bond motifs is 2. The summed E-state index contributed by atoms with van der Waals surface area (Å²) in [5, 5.41) is 24.0. The van der Waals surface area contributed by atoms with Crippen molar-refractivity contribution < 1.29 is 34.1 Å². The maximum Gasteiger partial charge on any atom is 0.305 e. The number of benzene rings is 3. The van der Waals surface area contributed by atoms with Crippen molar-refractivity contribution in [3.05, 3.63) is 98.5 Å². The van der Waals surface area contributed by atoms with Gasteiger partial charge in [0.2, 0.25) is 5.91 Å². The Kier molecular flexibility index (Phi) is 11.6. The maximum atomic E-state index is 14.7. The van der Waals surface area contributed by atoms with Gasteiger partial charge in [0.15, 0.2) is 0 Å². The second-order valence-corrected chi connectivity index (χ2v) is 14.4. The lowest BCUT2D eigenvalue weighted by molar-refractivity contribution is -0.141. The average Bonchev–Trinajstić information content (AvgIpc) is 3.93. The van der Waals surface area contributed by atoms with Gasteiger partial charge in [-0.25, -0.2) is 0 Å². The molecule has 2 bridgehead atoms. The first-order valence-corrected chi connectivity index (χ1v) is 18.1. The van der Waals surface area contributed by atoms with Crippen LogP contribution in [0.3, 0.4) is 0 Å². The summed E-state index contributed by atoms with van der Waals surface area (Å²) in [7, 11) is 0. The van der Waals surface area contributed by atoms with E-state index in [1.54, 1.807) is 4.90 Å². The highest BCUT2D eigenvalue weighted by molar-refractivity contribution is 6.32. The van der Waals surface area contributed by atoms with Crippen LogP contribution in [0.4, 0.5) is 0 Å². The van der Waals surface area contributed by atoms with Crippen LogP contribution in [0.15, 0.2) is 66.2 Å². The van der Waals surface area contributed by atoms with Gasteiger partial charge in [-0.2, -0.15) is 0 Å². The molecule has 51 heavy (non-hydrogen) atoms. The van der Waals surface area contributed by atoms with Crippen LogP contribution in [0.25, 0.3) is 5.57 Å². The molecule has 2 fully saturated rings. The molecule has 2 amide bonds. The molecule has 1 saturated heterocycles. The smallest absolute Gasteiger partial charge is 0.305 e. The average molecular weight is 737 g/mol. The number of nitrogens with one attached hydrogen (secondary N) is 1. The van der Waals surface area contributed by atoms with Crippen LogP contribution in [-0.4, -0.2) is 88.3 Å². The number of carboxylic acid groups (broad SMARTS) is 1. The number of piperazine rings is 1.